The van der Waals surface area contributed by atoms with Crippen molar-refractivity contribution < 1.29 is 18.7 Å². The molecule has 0 radical (unpaired) electrons. The quantitative estimate of drug-likeness (QED) is 0.263. The number of imide groups is 1. The van der Waals surface area contributed by atoms with Crippen molar-refractivity contribution in [2.24, 2.45) is 0 Å². The number of carbonyl (C=O) groups excluding carboxylic acids is 2. The predicted molar refractivity (Wildman–Crippen MR) is 128 cm³/mol. The molecule has 2 fully saturated rings. The molecule has 6 N–H and O–H groups in total. The minimum Gasteiger partial charge on any atom is -0.421 e. The van der Waals surface area contributed by atoms with Gasteiger partial charge in [-0.2, -0.15) is 9.97 Å². The number of nitrogens with zero attached hydrogens (tertiary/aromatic N) is 5. The highest BCUT2D eigenvalue weighted by Crippen LogP contribution is 2.39. The van der Waals surface area contributed by atoms with E-state index >= 15 is 0 Å². The molecule has 2 aliphatic heterocycles. The van der Waals surface area contributed by atoms with Crippen LogP contribution in [0.2, 0.25) is 0 Å². The maximum atomic E-state index is 14.5. The molecule has 5 heterocycles. The lowest BCUT2D eigenvalue weighted by Gasteiger charge is -2.37. The number of nitrogens with one attached hydrogen (secondary N) is 4. The van der Waals surface area contributed by atoms with Crippen LogP contribution in [-0.2, 0) is 4.79 Å². The number of nitrogen functional groups attached to an aromatic ring is 1. The summed E-state index contributed by atoms with van der Waals surface area (Å²) in [6.45, 7) is 0.816. The Bertz CT molecular complexity index is 1530. The van der Waals surface area contributed by atoms with Crippen LogP contribution in [-0.4, -0.2) is 62.5 Å². The molecule has 1 aromatic carbocycles. The third-order valence-electron chi connectivity index (χ3n) is 6.54. The number of benzene rings is 1. The zero-order valence-corrected chi connectivity index (χ0v) is 19.1. The van der Waals surface area contributed by atoms with E-state index in [0.717, 1.165) is 0 Å². The van der Waals surface area contributed by atoms with Crippen LogP contribution in [0.25, 0.3) is 21.9 Å². The molecule has 184 valence electrons. The SMILES string of the molecule is CNc1cc(F)cc2c1[nH]c1nc(Oc3cnc(N)nc3)nc(N3CCC4(CC3)NC(=O)NC4=O)c12. The minimum absolute atomic E-state index is 0.0242. The van der Waals surface area contributed by atoms with E-state index in [1.165, 1.54) is 24.5 Å². The number of H-pyrrole nitrogens is 1. The van der Waals surface area contributed by atoms with Crippen LogP contribution < -0.4 is 31.3 Å². The van der Waals surface area contributed by atoms with Gasteiger partial charge in [-0.3, -0.25) is 10.1 Å². The fraction of sp³-hybridized carbons (Fsp3) is 0.273. The molecule has 14 heteroatoms. The molecule has 2 aliphatic rings. The Hall–Kier alpha value is -4.75. The first-order valence-electron chi connectivity index (χ1n) is 11.2. The van der Waals surface area contributed by atoms with Gasteiger partial charge >= 0.3 is 12.0 Å². The average Bonchev–Trinajstić information content (AvgIpc) is 3.36. The van der Waals surface area contributed by atoms with Crippen LogP contribution in [0.3, 0.4) is 0 Å². The standard InChI is InChI=1S/C22H21FN10O3/c1-25-13-7-10(23)6-12-14-16(28-15(12)13)29-21(36-11-8-26-19(24)27-9-11)30-17(14)33-4-2-22(3-5-33)18(34)31-20(35)32-22/h6-9,25H,2-5H2,1H3,(H2,24,26,27)(H,28,29,30)(H2,31,32,34,35). The van der Waals surface area contributed by atoms with Crippen LogP contribution in [0.1, 0.15) is 12.8 Å². The molecule has 0 saturated carbocycles. The van der Waals surface area contributed by atoms with Gasteiger partial charge in [-0.15, -0.1) is 0 Å². The van der Waals surface area contributed by atoms with E-state index in [-0.39, 0.29) is 23.6 Å². The minimum atomic E-state index is -0.952. The number of carbonyl (C=O) groups is 2. The molecular weight excluding hydrogens is 471 g/mol. The van der Waals surface area contributed by atoms with Gasteiger partial charge < -0.3 is 31.0 Å². The number of anilines is 3. The number of urea groups is 1. The Morgan fingerprint density at radius 2 is 1.92 bits per heavy atom. The summed E-state index contributed by atoms with van der Waals surface area (Å²) < 4.78 is 20.3. The molecule has 13 nitrogen and oxygen atoms in total. The zero-order valence-electron chi connectivity index (χ0n) is 19.1. The zero-order chi connectivity index (χ0) is 25.0. The lowest BCUT2D eigenvalue weighted by molar-refractivity contribution is -0.124. The first-order chi connectivity index (χ1) is 17.3. The van der Waals surface area contributed by atoms with E-state index in [1.54, 1.807) is 7.05 Å². The number of fused-ring (bicyclic) bond motifs is 3. The van der Waals surface area contributed by atoms with E-state index in [9.17, 15) is 14.0 Å². The van der Waals surface area contributed by atoms with Gasteiger partial charge in [-0.05, 0) is 25.0 Å². The normalized spacial score (nSPS) is 17.0. The fourth-order valence-corrected chi connectivity index (χ4v) is 4.76. The number of rotatable bonds is 4. The number of halogens is 1. The van der Waals surface area contributed by atoms with Crippen molar-refractivity contribution in [2.45, 2.75) is 18.4 Å². The van der Waals surface area contributed by atoms with Gasteiger partial charge in [0.15, 0.2) is 5.75 Å². The summed E-state index contributed by atoms with van der Waals surface area (Å²) >= 11 is 0. The van der Waals surface area contributed by atoms with E-state index in [2.05, 4.69) is 40.9 Å². The number of nitrogens with two attached hydrogens (primary N) is 1. The maximum absolute atomic E-state index is 14.5. The lowest BCUT2D eigenvalue weighted by Crippen LogP contribution is -2.55. The lowest BCUT2D eigenvalue weighted by atomic mass is 9.87. The van der Waals surface area contributed by atoms with Crippen LogP contribution in [0.15, 0.2) is 24.5 Å². The Morgan fingerprint density at radius 3 is 2.58 bits per heavy atom. The molecule has 36 heavy (non-hydrogen) atoms. The highest BCUT2D eigenvalue weighted by molar-refractivity contribution is 6.14. The molecule has 2 saturated heterocycles. The van der Waals surface area contributed by atoms with Gasteiger partial charge in [0.2, 0.25) is 5.95 Å². The number of amides is 3. The molecule has 0 aliphatic carbocycles. The Labute approximate surface area is 202 Å². The molecule has 0 unspecified atom stereocenters. The number of piperidine rings is 1. The third-order valence-corrected chi connectivity index (χ3v) is 6.54. The summed E-state index contributed by atoms with van der Waals surface area (Å²) in [7, 11) is 1.70. The monoisotopic (exact) mass is 492 g/mol. The van der Waals surface area contributed by atoms with Gasteiger partial charge in [0.05, 0.1) is 29.0 Å². The van der Waals surface area contributed by atoms with Crippen molar-refractivity contribution in [1.29, 1.82) is 0 Å². The first-order valence-corrected chi connectivity index (χ1v) is 11.2. The van der Waals surface area contributed by atoms with Gasteiger partial charge in [0, 0.05) is 25.5 Å². The van der Waals surface area contributed by atoms with Crippen LogP contribution in [0, 0.1) is 5.82 Å². The highest BCUT2D eigenvalue weighted by Gasteiger charge is 2.48. The summed E-state index contributed by atoms with van der Waals surface area (Å²) in [4.78, 5) is 46.4. The second-order valence-electron chi connectivity index (χ2n) is 8.66. The number of ether oxygens (including phenoxy) is 1. The topological polar surface area (TPSA) is 176 Å². The largest absolute Gasteiger partial charge is 0.421 e. The first kappa shape index (κ1) is 21.8. The third kappa shape index (κ3) is 3.45. The predicted octanol–water partition coefficient (Wildman–Crippen LogP) is 1.63. The van der Waals surface area contributed by atoms with Gasteiger partial charge in [0.25, 0.3) is 5.91 Å². The van der Waals surface area contributed by atoms with Crippen LogP contribution in [0.5, 0.6) is 11.8 Å². The van der Waals surface area contributed by atoms with Crippen molar-refractivity contribution in [3.63, 3.8) is 0 Å². The molecule has 4 aromatic rings. The second-order valence-corrected chi connectivity index (χ2v) is 8.66. The Balaban J connectivity index is 1.46. The molecule has 1 spiro atoms. The van der Waals surface area contributed by atoms with E-state index in [1.807, 2.05) is 4.90 Å². The Morgan fingerprint density at radius 1 is 1.17 bits per heavy atom. The molecule has 3 aromatic heterocycles. The maximum Gasteiger partial charge on any atom is 0.326 e. The van der Waals surface area contributed by atoms with Gasteiger partial charge in [-0.25, -0.2) is 19.2 Å². The molecule has 0 atom stereocenters. The molecule has 3 amide bonds. The molecular formula is C22H21FN10O3. The highest BCUT2D eigenvalue weighted by atomic mass is 19.1. The van der Waals surface area contributed by atoms with E-state index < -0.39 is 17.4 Å². The van der Waals surface area contributed by atoms with Crippen LogP contribution in [0.4, 0.5) is 26.6 Å². The summed E-state index contributed by atoms with van der Waals surface area (Å²) in [5, 5.41) is 9.27. The number of hydrogen-bond donors (Lipinski definition) is 5. The molecule has 6 rings (SSSR count). The number of aromatic amines is 1. The van der Waals surface area contributed by atoms with Gasteiger partial charge in [-0.1, -0.05) is 0 Å². The number of aromatic nitrogens is 5. The second kappa shape index (κ2) is 7.90. The smallest absolute Gasteiger partial charge is 0.326 e. The average molecular weight is 492 g/mol. The Kier molecular flexibility index (Phi) is 4.77. The molecule has 0 bridgehead atoms. The number of hydrogen-bond acceptors (Lipinski definition) is 10. The van der Waals surface area contributed by atoms with Crippen molar-refractivity contribution in [2.75, 3.05) is 36.1 Å². The fourth-order valence-electron chi connectivity index (χ4n) is 4.76. The van der Waals surface area contributed by atoms with E-state index in [4.69, 9.17) is 10.5 Å². The van der Waals surface area contributed by atoms with Gasteiger partial charge in [0.1, 0.15) is 22.8 Å². The van der Waals surface area contributed by atoms with Crippen molar-refractivity contribution in [3.05, 3.63) is 30.3 Å². The summed E-state index contributed by atoms with van der Waals surface area (Å²) in [6.07, 6.45) is 3.55. The van der Waals surface area contributed by atoms with Crippen molar-refractivity contribution >= 4 is 51.3 Å². The summed E-state index contributed by atoms with van der Waals surface area (Å²) in [5.74, 6) is 0.142. The van der Waals surface area contributed by atoms with Crippen molar-refractivity contribution in [3.8, 4) is 11.8 Å². The van der Waals surface area contributed by atoms with E-state index in [0.29, 0.717) is 59.4 Å². The van der Waals surface area contributed by atoms with Crippen molar-refractivity contribution in [1.82, 2.24) is 35.6 Å². The summed E-state index contributed by atoms with van der Waals surface area (Å²) in [5.41, 5.74) is 6.26. The summed E-state index contributed by atoms with van der Waals surface area (Å²) in [6, 6.07) is 2.34. The van der Waals surface area contributed by atoms with Crippen LogP contribution >= 0.6 is 0 Å².